The maximum absolute atomic E-state index is 9.25. The van der Waals surface area contributed by atoms with Crippen LogP contribution in [-0.4, -0.2) is 10.1 Å². The third-order valence-corrected chi connectivity index (χ3v) is 2.16. The van der Waals surface area contributed by atoms with Crippen molar-refractivity contribution < 1.29 is 9.84 Å². The molecular weight excluding hydrogens is 204 g/mol. The van der Waals surface area contributed by atoms with Gasteiger partial charge in [0.2, 0.25) is 0 Å². The Morgan fingerprint density at radius 2 is 2.19 bits per heavy atom. The largest absolute Gasteiger partial charge is 0.508 e. The number of nitrogens with two attached hydrogens (primary N) is 1. The van der Waals surface area contributed by atoms with Gasteiger partial charge in [-0.25, -0.2) is 0 Å². The number of aromatic nitrogens is 1. The number of pyridine rings is 1. The SMILES string of the molecule is Nc1cnccc1COc1cccc(O)c1. The first-order valence-electron chi connectivity index (χ1n) is 4.86. The summed E-state index contributed by atoms with van der Waals surface area (Å²) < 4.78 is 5.49. The zero-order valence-electron chi connectivity index (χ0n) is 8.63. The van der Waals surface area contributed by atoms with E-state index in [1.54, 1.807) is 42.7 Å². The van der Waals surface area contributed by atoms with E-state index in [-0.39, 0.29) is 5.75 Å². The molecule has 4 nitrogen and oxygen atoms in total. The number of ether oxygens (including phenoxy) is 1. The molecule has 0 spiro atoms. The molecule has 1 aromatic heterocycles. The van der Waals surface area contributed by atoms with E-state index < -0.39 is 0 Å². The lowest BCUT2D eigenvalue weighted by molar-refractivity contribution is 0.305. The highest BCUT2D eigenvalue weighted by molar-refractivity contribution is 5.43. The fourth-order valence-electron chi connectivity index (χ4n) is 1.30. The Hall–Kier alpha value is -2.23. The fourth-order valence-corrected chi connectivity index (χ4v) is 1.30. The quantitative estimate of drug-likeness (QED) is 0.822. The maximum Gasteiger partial charge on any atom is 0.123 e. The normalized spacial score (nSPS) is 10.0. The molecule has 0 unspecified atom stereocenters. The number of phenolic OH excluding ortho intramolecular Hbond substituents is 1. The van der Waals surface area contributed by atoms with Crippen molar-refractivity contribution in [2.45, 2.75) is 6.61 Å². The summed E-state index contributed by atoms with van der Waals surface area (Å²) in [7, 11) is 0. The fraction of sp³-hybridized carbons (Fsp3) is 0.0833. The van der Waals surface area contributed by atoms with E-state index in [4.69, 9.17) is 10.5 Å². The molecule has 0 saturated heterocycles. The van der Waals surface area contributed by atoms with E-state index in [2.05, 4.69) is 4.98 Å². The van der Waals surface area contributed by atoms with Gasteiger partial charge in [-0.2, -0.15) is 0 Å². The van der Waals surface area contributed by atoms with Gasteiger partial charge in [-0.05, 0) is 18.2 Å². The molecule has 0 atom stereocenters. The van der Waals surface area contributed by atoms with Gasteiger partial charge in [-0.15, -0.1) is 0 Å². The molecule has 0 fully saturated rings. The average molecular weight is 216 g/mol. The number of hydrogen-bond acceptors (Lipinski definition) is 4. The number of phenols is 1. The van der Waals surface area contributed by atoms with E-state index in [1.165, 1.54) is 0 Å². The molecule has 0 aliphatic heterocycles. The van der Waals surface area contributed by atoms with Crippen LogP contribution in [0.2, 0.25) is 0 Å². The van der Waals surface area contributed by atoms with Crippen LogP contribution >= 0.6 is 0 Å². The van der Waals surface area contributed by atoms with Crippen molar-refractivity contribution >= 4 is 5.69 Å². The lowest BCUT2D eigenvalue weighted by Crippen LogP contribution is -2.00. The van der Waals surface area contributed by atoms with Gasteiger partial charge in [-0.3, -0.25) is 4.98 Å². The maximum atomic E-state index is 9.25. The number of anilines is 1. The van der Waals surface area contributed by atoms with Gasteiger partial charge >= 0.3 is 0 Å². The molecule has 0 aliphatic carbocycles. The van der Waals surface area contributed by atoms with Crippen molar-refractivity contribution in [3.63, 3.8) is 0 Å². The second-order valence-electron chi connectivity index (χ2n) is 3.36. The molecule has 2 aromatic rings. The van der Waals surface area contributed by atoms with Gasteiger partial charge in [0.1, 0.15) is 18.1 Å². The van der Waals surface area contributed by atoms with E-state index >= 15 is 0 Å². The highest BCUT2D eigenvalue weighted by Gasteiger charge is 2.00. The number of nitrogen functional groups attached to an aromatic ring is 1. The standard InChI is InChI=1S/C12H12N2O2/c13-12-7-14-5-4-9(12)8-16-11-3-1-2-10(15)6-11/h1-7,15H,8,13H2. The van der Waals surface area contributed by atoms with Crippen LogP contribution in [0.5, 0.6) is 11.5 Å². The molecule has 82 valence electrons. The number of benzene rings is 1. The minimum atomic E-state index is 0.181. The summed E-state index contributed by atoms with van der Waals surface area (Å²) in [6, 6.07) is 8.45. The van der Waals surface area contributed by atoms with Gasteiger partial charge in [0.15, 0.2) is 0 Å². The predicted molar refractivity (Wildman–Crippen MR) is 61.1 cm³/mol. The van der Waals surface area contributed by atoms with Crippen molar-refractivity contribution in [3.05, 3.63) is 48.3 Å². The van der Waals surface area contributed by atoms with Crippen molar-refractivity contribution in [3.8, 4) is 11.5 Å². The highest BCUT2D eigenvalue weighted by Crippen LogP contribution is 2.19. The third-order valence-electron chi connectivity index (χ3n) is 2.16. The van der Waals surface area contributed by atoms with Gasteiger partial charge < -0.3 is 15.6 Å². The van der Waals surface area contributed by atoms with E-state index in [0.717, 1.165) is 5.56 Å². The lowest BCUT2D eigenvalue weighted by atomic mass is 10.2. The van der Waals surface area contributed by atoms with Crippen LogP contribution in [-0.2, 0) is 6.61 Å². The topological polar surface area (TPSA) is 68.4 Å². The monoisotopic (exact) mass is 216 g/mol. The Morgan fingerprint density at radius 1 is 1.31 bits per heavy atom. The second kappa shape index (κ2) is 4.53. The molecule has 2 rings (SSSR count). The third kappa shape index (κ3) is 2.42. The first-order valence-corrected chi connectivity index (χ1v) is 4.86. The van der Waals surface area contributed by atoms with Crippen LogP contribution in [0.4, 0.5) is 5.69 Å². The van der Waals surface area contributed by atoms with Crippen molar-refractivity contribution in [2.75, 3.05) is 5.73 Å². The summed E-state index contributed by atoms with van der Waals surface area (Å²) in [5, 5.41) is 9.25. The van der Waals surface area contributed by atoms with Crippen molar-refractivity contribution in [1.29, 1.82) is 0 Å². The molecule has 16 heavy (non-hydrogen) atoms. The lowest BCUT2D eigenvalue weighted by Gasteiger charge is -2.07. The average Bonchev–Trinajstić information content (AvgIpc) is 2.28. The second-order valence-corrected chi connectivity index (χ2v) is 3.36. The summed E-state index contributed by atoms with van der Waals surface area (Å²) >= 11 is 0. The molecule has 1 heterocycles. The van der Waals surface area contributed by atoms with Gasteiger partial charge in [-0.1, -0.05) is 6.07 Å². The van der Waals surface area contributed by atoms with Gasteiger partial charge in [0.05, 0.1) is 11.9 Å². The Kier molecular flexibility index (Phi) is 2.91. The molecular formula is C12H12N2O2. The van der Waals surface area contributed by atoms with Gasteiger partial charge in [0, 0.05) is 17.8 Å². The molecule has 4 heteroatoms. The Bertz CT molecular complexity index is 486. The van der Waals surface area contributed by atoms with Crippen LogP contribution in [0, 0.1) is 0 Å². The zero-order chi connectivity index (χ0) is 11.4. The molecule has 0 amide bonds. The summed E-state index contributed by atoms with van der Waals surface area (Å²) in [6.45, 7) is 0.359. The molecule has 0 bridgehead atoms. The minimum Gasteiger partial charge on any atom is -0.508 e. The van der Waals surface area contributed by atoms with Crippen molar-refractivity contribution in [2.24, 2.45) is 0 Å². The Labute approximate surface area is 93.3 Å². The number of nitrogens with zero attached hydrogens (tertiary/aromatic N) is 1. The summed E-state index contributed by atoms with van der Waals surface area (Å²) in [5.41, 5.74) is 7.20. The first kappa shape index (κ1) is 10.3. The summed E-state index contributed by atoms with van der Waals surface area (Å²) in [5.74, 6) is 0.788. The minimum absolute atomic E-state index is 0.181. The van der Waals surface area contributed by atoms with E-state index in [0.29, 0.717) is 18.0 Å². The molecule has 1 aromatic carbocycles. The summed E-state index contributed by atoms with van der Waals surface area (Å²) in [4.78, 5) is 3.89. The smallest absolute Gasteiger partial charge is 0.123 e. The number of rotatable bonds is 3. The van der Waals surface area contributed by atoms with Gasteiger partial charge in [0.25, 0.3) is 0 Å². The van der Waals surface area contributed by atoms with Crippen LogP contribution in [0.25, 0.3) is 0 Å². The predicted octanol–water partition coefficient (Wildman–Crippen LogP) is 1.95. The zero-order valence-corrected chi connectivity index (χ0v) is 8.63. The van der Waals surface area contributed by atoms with Crippen LogP contribution in [0.1, 0.15) is 5.56 Å². The molecule has 0 radical (unpaired) electrons. The van der Waals surface area contributed by atoms with E-state index in [9.17, 15) is 5.11 Å². The Balaban J connectivity index is 2.05. The first-order chi connectivity index (χ1) is 7.75. The highest BCUT2D eigenvalue weighted by atomic mass is 16.5. The number of aromatic hydroxyl groups is 1. The molecule has 0 aliphatic rings. The van der Waals surface area contributed by atoms with Crippen LogP contribution < -0.4 is 10.5 Å². The molecule has 0 saturated carbocycles. The summed E-state index contributed by atoms with van der Waals surface area (Å²) in [6.07, 6.45) is 3.25. The number of hydrogen-bond donors (Lipinski definition) is 2. The van der Waals surface area contributed by atoms with E-state index in [1.807, 2.05) is 0 Å². The van der Waals surface area contributed by atoms with Crippen LogP contribution in [0.15, 0.2) is 42.7 Å². The molecule has 3 N–H and O–H groups in total. The van der Waals surface area contributed by atoms with Crippen LogP contribution in [0.3, 0.4) is 0 Å². The Morgan fingerprint density at radius 3 is 2.94 bits per heavy atom. The van der Waals surface area contributed by atoms with Crippen molar-refractivity contribution in [1.82, 2.24) is 4.98 Å².